The molecule has 5 rings (SSSR count). The highest BCUT2D eigenvalue weighted by atomic mass is 16.5. The Morgan fingerprint density at radius 2 is 1.97 bits per heavy atom. The van der Waals surface area contributed by atoms with E-state index in [2.05, 4.69) is 41.1 Å². The monoisotopic (exact) mass is 401 g/mol. The van der Waals surface area contributed by atoms with Gasteiger partial charge in [-0.1, -0.05) is 31.2 Å². The maximum atomic E-state index is 12.1. The van der Waals surface area contributed by atoms with Crippen LogP contribution in [0.5, 0.6) is 5.75 Å². The van der Waals surface area contributed by atoms with Crippen LogP contribution in [0.3, 0.4) is 0 Å². The predicted molar refractivity (Wildman–Crippen MR) is 121 cm³/mol. The first-order chi connectivity index (χ1) is 14.7. The fraction of sp³-hybridized carbons (Fsp3) is 0.360. The lowest BCUT2D eigenvalue weighted by Gasteiger charge is -2.32. The highest BCUT2D eigenvalue weighted by Gasteiger charge is 2.24. The fourth-order valence-corrected chi connectivity index (χ4v) is 4.59. The van der Waals surface area contributed by atoms with Crippen molar-refractivity contribution in [3.05, 3.63) is 75.7 Å². The van der Waals surface area contributed by atoms with E-state index in [-0.39, 0.29) is 11.7 Å². The Morgan fingerprint density at radius 1 is 1.13 bits per heavy atom. The van der Waals surface area contributed by atoms with E-state index in [1.54, 1.807) is 0 Å². The van der Waals surface area contributed by atoms with Crippen LogP contribution in [0.4, 0.5) is 0 Å². The smallest absolute Gasteiger partial charge is 0.255 e. The van der Waals surface area contributed by atoms with Crippen LogP contribution < -0.4 is 10.3 Å². The van der Waals surface area contributed by atoms with Gasteiger partial charge in [0.05, 0.1) is 12.3 Å². The van der Waals surface area contributed by atoms with Gasteiger partial charge in [-0.05, 0) is 54.0 Å². The van der Waals surface area contributed by atoms with E-state index in [0.29, 0.717) is 0 Å². The highest BCUT2D eigenvalue weighted by molar-refractivity contribution is 6.05. The topological polar surface area (TPSA) is 57.7 Å². The molecule has 5 heteroatoms. The molecule has 1 saturated heterocycles. The molecular formula is C25H27N3O2. The van der Waals surface area contributed by atoms with E-state index >= 15 is 0 Å². The van der Waals surface area contributed by atoms with Crippen LogP contribution in [-0.2, 0) is 13.0 Å². The number of ether oxygens (including phenoxy) is 1. The zero-order chi connectivity index (χ0) is 20.5. The number of pyridine rings is 1. The van der Waals surface area contributed by atoms with Gasteiger partial charge in [-0.15, -0.1) is 0 Å². The van der Waals surface area contributed by atoms with Crippen LogP contribution in [0.1, 0.15) is 36.5 Å². The van der Waals surface area contributed by atoms with Crippen molar-refractivity contribution < 1.29 is 4.74 Å². The Morgan fingerprint density at radius 3 is 2.80 bits per heavy atom. The number of aromatic amines is 1. The molecule has 0 unspecified atom stereocenters. The van der Waals surface area contributed by atoms with E-state index < -0.39 is 0 Å². The van der Waals surface area contributed by atoms with Gasteiger partial charge in [-0.3, -0.25) is 14.7 Å². The van der Waals surface area contributed by atoms with E-state index in [4.69, 9.17) is 9.73 Å². The molecule has 0 radical (unpaired) electrons. The number of nitrogens with one attached hydrogen (secondary N) is 1. The van der Waals surface area contributed by atoms with E-state index in [1.165, 1.54) is 16.8 Å². The second-order valence-corrected chi connectivity index (χ2v) is 8.22. The molecule has 5 nitrogen and oxygen atoms in total. The van der Waals surface area contributed by atoms with E-state index in [1.807, 2.05) is 24.4 Å². The number of aryl methyl sites for hydroxylation is 1. The average Bonchev–Trinajstić information content (AvgIpc) is 3.18. The summed E-state index contributed by atoms with van der Waals surface area (Å²) in [5.41, 5.74) is 4.97. The van der Waals surface area contributed by atoms with Crippen molar-refractivity contribution >= 4 is 16.5 Å². The third kappa shape index (κ3) is 3.65. The number of hydrogen-bond acceptors (Lipinski definition) is 4. The molecule has 3 heterocycles. The Balaban J connectivity index is 1.22. The summed E-state index contributed by atoms with van der Waals surface area (Å²) in [4.78, 5) is 22.2. The van der Waals surface area contributed by atoms with Crippen LogP contribution >= 0.6 is 0 Å². The fourth-order valence-electron chi connectivity index (χ4n) is 4.59. The summed E-state index contributed by atoms with van der Waals surface area (Å²) in [5, 5.41) is 1.73. The van der Waals surface area contributed by atoms with Crippen molar-refractivity contribution in [2.75, 3.05) is 19.6 Å². The molecule has 154 valence electrons. The lowest BCUT2D eigenvalue weighted by Crippen LogP contribution is -2.40. The number of hydrogen-bond donors (Lipinski definition) is 1. The van der Waals surface area contributed by atoms with Gasteiger partial charge in [0, 0.05) is 36.8 Å². The molecule has 0 saturated carbocycles. The molecular weight excluding hydrogens is 374 g/mol. The molecule has 30 heavy (non-hydrogen) atoms. The summed E-state index contributed by atoms with van der Waals surface area (Å²) in [6.45, 7) is 5.86. The molecule has 2 aliphatic rings. The summed E-state index contributed by atoms with van der Waals surface area (Å²) in [7, 11) is 0. The molecule has 2 aliphatic heterocycles. The molecule has 2 aromatic carbocycles. The molecule has 0 bridgehead atoms. The van der Waals surface area contributed by atoms with Gasteiger partial charge in [0.15, 0.2) is 0 Å². The average molecular weight is 402 g/mol. The summed E-state index contributed by atoms with van der Waals surface area (Å²) in [6, 6.07) is 14.4. The molecule has 0 amide bonds. The number of fused-ring (bicyclic) bond motifs is 2. The number of nitrogens with zero attached hydrogens (tertiary/aromatic N) is 2. The predicted octanol–water partition coefficient (Wildman–Crippen LogP) is 3.94. The van der Waals surface area contributed by atoms with Gasteiger partial charge in [-0.2, -0.15) is 0 Å². The first-order valence-electron chi connectivity index (χ1n) is 10.9. The molecule has 0 atom stereocenters. The van der Waals surface area contributed by atoms with E-state index in [9.17, 15) is 4.79 Å². The first-order valence-corrected chi connectivity index (χ1v) is 10.9. The molecule has 1 fully saturated rings. The number of likely N-dealkylation sites (tertiary alicyclic amines) is 1. The van der Waals surface area contributed by atoms with Gasteiger partial charge in [0.2, 0.25) is 0 Å². The molecule has 1 aromatic heterocycles. The van der Waals surface area contributed by atoms with Crippen molar-refractivity contribution in [2.45, 2.75) is 38.8 Å². The van der Waals surface area contributed by atoms with Gasteiger partial charge >= 0.3 is 0 Å². The zero-order valence-corrected chi connectivity index (χ0v) is 17.4. The molecule has 3 aromatic rings. The van der Waals surface area contributed by atoms with Crippen LogP contribution in [0.2, 0.25) is 0 Å². The van der Waals surface area contributed by atoms with Gasteiger partial charge < -0.3 is 9.72 Å². The van der Waals surface area contributed by atoms with Crippen molar-refractivity contribution in [1.29, 1.82) is 0 Å². The van der Waals surface area contributed by atoms with Crippen molar-refractivity contribution in [3.8, 4) is 5.75 Å². The van der Waals surface area contributed by atoms with Crippen molar-refractivity contribution in [2.24, 2.45) is 4.99 Å². The minimum absolute atomic E-state index is 0.0431. The molecule has 0 spiro atoms. The number of H-pyrrole nitrogens is 1. The Kier molecular flexibility index (Phi) is 5.13. The highest BCUT2D eigenvalue weighted by Crippen LogP contribution is 2.25. The quantitative estimate of drug-likeness (QED) is 0.705. The van der Waals surface area contributed by atoms with Gasteiger partial charge in [0.25, 0.3) is 5.56 Å². The first kappa shape index (κ1) is 19.1. The Labute approximate surface area is 176 Å². The maximum absolute atomic E-state index is 12.1. The van der Waals surface area contributed by atoms with E-state index in [0.717, 1.165) is 67.5 Å². The van der Waals surface area contributed by atoms with Crippen molar-refractivity contribution in [3.63, 3.8) is 0 Å². The number of rotatable bonds is 5. The third-order valence-corrected chi connectivity index (χ3v) is 6.32. The largest absolute Gasteiger partial charge is 0.490 e. The van der Waals surface area contributed by atoms with Crippen LogP contribution in [0.25, 0.3) is 10.8 Å². The summed E-state index contributed by atoms with van der Waals surface area (Å²) in [6.07, 6.45) is 4.91. The summed E-state index contributed by atoms with van der Waals surface area (Å²) < 4.78 is 6.31. The Hall–Kier alpha value is -2.92. The summed E-state index contributed by atoms with van der Waals surface area (Å²) in [5.74, 6) is 0.857. The Bertz CT molecular complexity index is 1160. The third-order valence-electron chi connectivity index (χ3n) is 6.32. The number of benzene rings is 2. The standard InChI is InChI=1S/C25H27N3O2/c1-2-17-14-27-25(29)22-8-7-20(13-23(17)22)30-19-9-11-28(12-10-19)16-24-21-6-4-3-5-18(21)15-26-24/h3-8,13-14,19H,2,9-12,15-16H2,1H3,(H,27,29). The number of piperidine rings is 1. The SMILES string of the molecule is CCc1c[nH]c(=O)c2ccc(OC3CCN(CC4=NCc5ccccc54)CC3)cc12. The minimum Gasteiger partial charge on any atom is -0.490 e. The van der Waals surface area contributed by atoms with Gasteiger partial charge in [0.1, 0.15) is 11.9 Å². The summed E-state index contributed by atoms with van der Waals surface area (Å²) >= 11 is 0. The van der Waals surface area contributed by atoms with Gasteiger partial charge in [-0.25, -0.2) is 0 Å². The number of aliphatic imine (C=N–C) groups is 1. The van der Waals surface area contributed by atoms with Crippen LogP contribution in [0.15, 0.2) is 58.4 Å². The molecule has 0 aliphatic carbocycles. The maximum Gasteiger partial charge on any atom is 0.255 e. The van der Waals surface area contributed by atoms with Crippen molar-refractivity contribution in [1.82, 2.24) is 9.88 Å². The van der Waals surface area contributed by atoms with Crippen LogP contribution in [-0.4, -0.2) is 41.3 Å². The molecule has 1 N–H and O–H groups in total. The zero-order valence-electron chi connectivity index (χ0n) is 17.4. The second-order valence-electron chi connectivity index (χ2n) is 8.22. The minimum atomic E-state index is -0.0431. The second kappa shape index (κ2) is 8.07. The lowest BCUT2D eigenvalue weighted by molar-refractivity contribution is 0.109. The normalized spacial score (nSPS) is 17.2. The lowest BCUT2D eigenvalue weighted by atomic mass is 10.0. The van der Waals surface area contributed by atoms with Crippen LogP contribution in [0, 0.1) is 0 Å². The number of aromatic nitrogens is 1.